The van der Waals surface area contributed by atoms with E-state index in [0.717, 1.165) is 30.9 Å². The van der Waals surface area contributed by atoms with Gasteiger partial charge in [-0.3, -0.25) is 4.98 Å². The van der Waals surface area contributed by atoms with Crippen LogP contribution in [0.1, 0.15) is 25.2 Å². The second-order valence-corrected chi connectivity index (χ2v) is 6.99. The van der Waals surface area contributed by atoms with E-state index >= 15 is 0 Å². The van der Waals surface area contributed by atoms with E-state index in [0.29, 0.717) is 18.2 Å². The summed E-state index contributed by atoms with van der Waals surface area (Å²) < 4.78 is 19.9. The summed E-state index contributed by atoms with van der Waals surface area (Å²) in [5.41, 5.74) is 1.78. The Morgan fingerprint density at radius 3 is 2.63 bits per heavy atom. The van der Waals surface area contributed by atoms with Crippen LogP contribution in [0.3, 0.4) is 0 Å². The summed E-state index contributed by atoms with van der Waals surface area (Å²) in [4.78, 5) is 15.1. The molecule has 2 aromatic heterocycles. The van der Waals surface area contributed by atoms with Gasteiger partial charge in [-0.1, -0.05) is 38.6 Å². The Hall–Kier alpha value is -2.77. The number of hydrogen-bond donors (Lipinski definition) is 1. The fourth-order valence-corrected chi connectivity index (χ4v) is 2.79. The molecule has 0 saturated carbocycles. The summed E-state index contributed by atoms with van der Waals surface area (Å²) in [5.74, 6) is 0.268. The second-order valence-electron chi connectivity index (χ2n) is 6.51. The maximum Gasteiger partial charge on any atom is 0.180 e. The monoisotopic (exact) mass is 431 g/mol. The molecule has 6 nitrogen and oxygen atoms in total. The summed E-state index contributed by atoms with van der Waals surface area (Å²) in [5, 5.41) is 3.37. The molecule has 0 amide bonds. The fourth-order valence-electron chi connectivity index (χ4n) is 2.68. The van der Waals surface area contributed by atoms with Gasteiger partial charge in [0.25, 0.3) is 0 Å². The van der Waals surface area contributed by atoms with Crippen LogP contribution >= 0.6 is 11.6 Å². The molecule has 160 valence electrons. The van der Waals surface area contributed by atoms with Crippen LogP contribution in [0.15, 0.2) is 54.7 Å². The van der Waals surface area contributed by atoms with Crippen molar-refractivity contribution in [2.45, 2.75) is 20.8 Å². The van der Waals surface area contributed by atoms with Crippen molar-refractivity contribution in [1.82, 2.24) is 19.9 Å². The number of likely N-dealkylation sites (N-methyl/N-ethyl adjacent to an activating group) is 1. The Balaban J connectivity index is 2.39. The van der Waals surface area contributed by atoms with Crippen molar-refractivity contribution in [2.75, 3.05) is 31.6 Å². The van der Waals surface area contributed by atoms with Crippen LogP contribution in [0.4, 0.5) is 15.9 Å². The normalized spacial score (nSPS) is 11.5. The Kier molecular flexibility index (Phi) is 8.95. The van der Waals surface area contributed by atoms with Crippen molar-refractivity contribution >= 4 is 28.7 Å². The Morgan fingerprint density at radius 1 is 1.30 bits per heavy atom. The lowest BCUT2D eigenvalue weighted by atomic mass is 10.2. The quantitative estimate of drug-likeness (QED) is 0.489. The lowest BCUT2D eigenvalue weighted by molar-refractivity contribution is 0.222. The van der Waals surface area contributed by atoms with Gasteiger partial charge in [-0.2, -0.15) is 0 Å². The van der Waals surface area contributed by atoms with E-state index in [9.17, 15) is 4.39 Å². The van der Waals surface area contributed by atoms with Gasteiger partial charge in [0.15, 0.2) is 17.4 Å². The average Bonchev–Trinajstić information content (AvgIpc) is 2.71. The summed E-state index contributed by atoms with van der Waals surface area (Å²) in [6.07, 6.45) is 6.25. The molecule has 30 heavy (non-hydrogen) atoms. The number of halogens is 2. The predicted molar refractivity (Wildman–Crippen MR) is 121 cm³/mol. The zero-order valence-corrected chi connectivity index (χ0v) is 18.3. The summed E-state index contributed by atoms with van der Waals surface area (Å²) in [7, 11) is 0. The molecule has 2 heterocycles. The molecule has 0 saturated heterocycles. The predicted octanol–water partition coefficient (Wildman–Crippen LogP) is 5.26. The van der Waals surface area contributed by atoms with Crippen molar-refractivity contribution in [1.29, 1.82) is 0 Å². The van der Waals surface area contributed by atoms with Gasteiger partial charge in [-0.05, 0) is 37.7 Å². The molecule has 0 atom stereocenters. The number of aromatic nitrogens is 3. The topological polar surface area (TPSA) is 63.2 Å². The third-order valence-corrected chi connectivity index (χ3v) is 4.53. The Morgan fingerprint density at radius 2 is 2.03 bits per heavy atom. The minimum absolute atomic E-state index is 0.0548. The van der Waals surface area contributed by atoms with Gasteiger partial charge in [-0.15, -0.1) is 0 Å². The summed E-state index contributed by atoms with van der Waals surface area (Å²) in [6, 6.07) is 1.82. The van der Waals surface area contributed by atoms with Crippen molar-refractivity contribution in [3.8, 4) is 5.75 Å². The van der Waals surface area contributed by atoms with Gasteiger partial charge >= 0.3 is 0 Å². The van der Waals surface area contributed by atoms with Crippen LogP contribution in [-0.4, -0.2) is 46.1 Å². The molecule has 8 heteroatoms. The number of rotatable bonds is 11. The van der Waals surface area contributed by atoms with Crippen LogP contribution < -0.4 is 10.1 Å². The van der Waals surface area contributed by atoms with Gasteiger partial charge in [0.2, 0.25) is 0 Å². The molecule has 0 aliphatic heterocycles. The smallest absolute Gasteiger partial charge is 0.180 e. The SMILES string of the molecule is C=C(Cl)/C=C(\C(=C)F)c1ncc(OCCN(CC)CC)c(Nc2ccncc2C)n1. The van der Waals surface area contributed by atoms with Crippen molar-refractivity contribution < 1.29 is 9.13 Å². The molecular weight excluding hydrogens is 405 g/mol. The molecule has 0 aromatic carbocycles. The molecule has 2 aromatic rings. The molecule has 0 bridgehead atoms. The van der Waals surface area contributed by atoms with Crippen molar-refractivity contribution in [3.63, 3.8) is 0 Å². The zero-order chi connectivity index (χ0) is 22.1. The highest BCUT2D eigenvalue weighted by atomic mass is 35.5. The van der Waals surface area contributed by atoms with E-state index in [2.05, 4.69) is 52.2 Å². The lowest BCUT2D eigenvalue weighted by Crippen LogP contribution is -2.28. The minimum Gasteiger partial charge on any atom is -0.487 e. The van der Waals surface area contributed by atoms with Crippen LogP contribution in [0.25, 0.3) is 5.57 Å². The highest BCUT2D eigenvalue weighted by molar-refractivity contribution is 6.31. The lowest BCUT2D eigenvalue weighted by Gasteiger charge is -2.19. The molecular formula is C22H27ClFN5O. The maximum atomic E-state index is 14.0. The number of pyridine rings is 1. The number of nitrogens with zero attached hydrogens (tertiary/aromatic N) is 4. The molecule has 0 aliphatic carbocycles. The molecule has 0 spiro atoms. The molecule has 0 aliphatic rings. The minimum atomic E-state index is -0.710. The van der Waals surface area contributed by atoms with Gasteiger partial charge in [-0.25, -0.2) is 14.4 Å². The van der Waals surface area contributed by atoms with Gasteiger partial charge in [0.05, 0.1) is 11.8 Å². The second kappa shape index (κ2) is 11.4. The van der Waals surface area contributed by atoms with Gasteiger partial charge in [0, 0.05) is 29.7 Å². The molecule has 2 rings (SSSR count). The molecule has 0 unspecified atom stereocenters. The highest BCUT2D eigenvalue weighted by Gasteiger charge is 2.15. The molecule has 0 fully saturated rings. The number of hydrogen-bond acceptors (Lipinski definition) is 6. The average molecular weight is 432 g/mol. The number of anilines is 2. The Bertz CT molecular complexity index is 927. The number of nitrogens with one attached hydrogen (secondary N) is 1. The number of ether oxygens (including phenoxy) is 1. The van der Waals surface area contributed by atoms with Gasteiger partial charge < -0.3 is 15.0 Å². The molecule has 0 radical (unpaired) electrons. The largest absolute Gasteiger partial charge is 0.487 e. The van der Waals surface area contributed by atoms with E-state index in [4.69, 9.17) is 16.3 Å². The number of aryl methyl sites for hydroxylation is 1. The van der Waals surface area contributed by atoms with E-state index in [-0.39, 0.29) is 16.4 Å². The third-order valence-electron chi connectivity index (χ3n) is 4.42. The summed E-state index contributed by atoms with van der Waals surface area (Å²) in [6.45, 7) is 16.1. The first-order valence-corrected chi connectivity index (χ1v) is 10.0. The van der Waals surface area contributed by atoms with E-state index < -0.39 is 5.83 Å². The van der Waals surface area contributed by atoms with E-state index in [1.165, 1.54) is 12.3 Å². The van der Waals surface area contributed by atoms with Crippen LogP contribution in [0.5, 0.6) is 5.75 Å². The van der Waals surface area contributed by atoms with E-state index in [1.54, 1.807) is 12.4 Å². The standard InChI is InChI=1S/C22H27ClFN5O/c1-6-29(7-2)10-11-30-20-14-26-21(18(17(5)24)12-16(4)23)28-22(20)27-19-8-9-25-13-15(19)3/h8-9,12-14H,4-7,10-11H2,1-3H3,(H,25,26,27,28)/b18-12+. The fraction of sp³-hybridized carbons (Fsp3) is 0.318. The summed E-state index contributed by atoms with van der Waals surface area (Å²) >= 11 is 5.83. The first-order valence-electron chi connectivity index (χ1n) is 9.66. The van der Waals surface area contributed by atoms with E-state index in [1.807, 2.05) is 13.0 Å². The highest BCUT2D eigenvalue weighted by Crippen LogP contribution is 2.30. The first-order chi connectivity index (χ1) is 14.3. The van der Waals surface area contributed by atoms with Crippen molar-refractivity contribution in [3.05, 3.63) is 66.1 Å². The molecule has 1 N–H and O–H groups in total. The maximum absolute atomic E-state index is 14.0. The first kappa shape index (κ1) is 23.5. The third kappa shape index (κ3) is 6.64. The number of allylic oxidation sites excluding steroid dienone is 4. The zero-order valence-electron chi connectivity index (χ0n) is 17.6. The van der Waals surface area contributed by atoms with Crippen molar-refractivity contribution in [2.24, 2.45) is 0 Å². The van der Waals surface area contributed by atoms with Crippen LogP contribution in [0.2, 0.25) is 0 Å². The van der Waals surface area contributed by atoms with Crippen LogP contribution in [0, 0.1) is 6.92 Å². The van der Waals surface area contributed by atoms with Crippen LogP contribution in [-0.2, 0) is 0 Å². The Labute approximate surface area is 182 Å². The van der Waals surface area contributed by atoms with Gasteiger partial charge in [0.1, 0.15) is 12.4 Å².